The molecule has 2 aromatic carbocycles. The van der Waals surface area contributed by atoms with E-state index in [2.05, 4.69) is 5.32 Å². The van der Waals surface area contributed by atoms with Crippen molar-refractivity contribution in [2.24, 2.45) is 0 Å². The summed E-state index contributed by atoms with van der Waals surface area (Å²) in [5, 5.41) is 2.48. The number of rotatable bonds is 5. The second-order valence-corrected chi connectivity index (χ2v) is 5.43. The molecule has 4 nitrogen and oxygen atoms in total. The van der Waals surface area contributed by atoms with Gasteiger partial charge in [-0.15, -0.1) is 0 Å². The number of amides is 2. The number of hydrogen-bond donors (Lipinski definition) is 1. The summed E-state index contributed by atoms with van der Waals surface area (Å²) in [7, 11) is 0. The summed E-state index contributed by atoms with van der Waals surface area (Å²) < 4.78 is 26.0. The summed E-state index contributed by atoms with van der Waals surface area (Å²) in [6.07, 6.45) is 0.0342. The van der Waals surface area contributed by atoms with Gasteiger partial charge in [0.15, 0.2) is 11.6 Å². The van der Waals surface area contributed by atoms with Crippen molar-refractivity contribution in [3.63, 3.8) is 0 Å². The van der Waals surface area contributed by atoms with Crippen LogP contribution in [0.25, 0.3) is 0 Å². The number of halogens is 2. The Hall–Kier alpha value is -2.76. The Balaban J connectivity index is 1.98. The molecule has 0 aliphatic carbocycles. The summed E-state index contributed by atoms with van der Waals surface area (Å²) in [6, 6.07) is 10.5. The lowest BCUT2D eigenvalue weighted by atomic mass is 10.2. The number of carbonyl (C=O) groups is 2. The number of anilines is 2. The van der Waals surface area contributed by atoms with Crippen molar-refractivity contribution >= 4 is 23.2 Å². The predicted molar refractivity (Wildman–Crippen MR) is 88.8 cm³/mol. The maximum atomic E-state index is 13.1. The number of hydrogen-bond acceptors (Lipinski definition) is 2. The molecule has 0 aromatic heterocycles. The second kappa shape index (κ2) is 7.68. The van der Waals surface area contributed by atoms with Crippen molar-refractivity contribution in [3.05, 3.63) is 59.7 Å². The van der Waals surface area contributed by atoms with Crippen LogP contribution in [0.4, 0.5) is 20.2 Å². The van der Waals surface area contributed by atoms with E-state index < -0.39 is 11.6 Å². The molecule has 2 amide bonds. The van der Waals surface area contributed by atoms with Gasteiger partial charge in [0.25, 0.3) is 0 Å². The molecule has 0 saturated carbocycles. The molecule has 0 bridgehead atoms. The Morgan fingerprint density at radius 3 is 2.29 bits per heavy atom. The van der Waals surface area contributed by atoms with Gasteiger partial charge >= 0.3 is 0 Å². The first-order chi connectivity index (χ1) is 11.4. The maximum Gasteiger partial charge on any atom is 0.226 e. The Labute approximate surface area is 139 Å². The highest BCUT2D eigenvalue weighted by Crippen LogP contribution is 2.17. The highest BCUT2D eigenvalue weighted by molar-refractivity contribution is 5.94. The van der Waals surface area contributed by atoms with Gasteiger partial charge in [0.1, 0.15) is 0 Å². The van der Waals surface area contributed by atoms with Crippen LogP contribution in [0.3, 0.4) is 0 Å². The highest BCUT2D eigenvalue weighted by atomic mass is 19.2. The van der Waals surface area contributed by atoms with Crippen LogP contribution >= 0.6 is 0 Å². The Morgan fingerprint density at radius 2 is 1.71 bits per heavy atom. The summed E-state index contributed by atoms with van der Waals surface area (Å²) >= 11 is 0. The molecule has 0 fully saturated rings. The number of carbonyl (C=O) groups excluding carboxylic acids is 2. The van der Waals surface area contributed by atoms with Crippen LogP contribution in [0.1, 0.15) is 18.9 Å². The summed E-state index contributed by atoms with van der Waals surface area (Å²) in [5.74, 6) is -2.58. The fraction of sp³-hybridized carbons (Fsp3) is 0.222. The fourth-order valence-corrected chi connectivity index (χ4v) is 2.20. The number of nitrogens with zero attached hydrogens (tertiary/aromatic N) is 1. The minimum atomic E-state index is -1.03. The molecular formula is C18H18F2N2O2. The summed E-state index contributed by atoms with van der Waals surface area (Å²) in [5.41, 5.74) is 1.94. The molecule has 0 aliphatic heterocycles. The molecule has 0 atom stereocenters. The molecule has 24 heavy (non-hydrogen) atoms. The molecule has 2 aromatic rings. The van der Waals surface area contributed by atoms with Crippen LogP contribution in [-0.4, -0.2) is 18.4 Å². The van der Waals surface area contributed by atoms with Gasteiger partial charge < -0.3 is 10.2 Å². The van der Waals surface area contributed by atoms with E-state index in [9.17, 15) is 18.4 Å². The topological polar surface area (TPSA) is 49.4 Å². The predicted octanol–water partition coefficient (Wildman–Crippen LogP) is 3.65. The number of benzene rings is 2. The zero-order valence-corrected chi connectivity index (χ0v) is 13.5. The monoisotopic (exact) mass is 332 g/mol. The molecule has 0 spiro atoms. The zero-order chi connectivity index (χ0) is 17.7. The van der Waals surface area contributed by atoms with Crippen LogP contribution in [0.5, 0.6) is 0 Å². The molecule has 0 saturated heterocycles. The van der Waals surface area contributed by atoms with Crippen LogP contribution in [0.2, 0.25) is 0 Å². The van der Waals surface area contributed by atoms with Crippen molar-refractivity contribution < 1.29 is 18.4 Å². The lowest BCUT2D eigenvalue weighted by Gasteiger charge is -2.21. The Morgan fingerprint density at radius 1 is 1.04 bits per heavy atom. The van der Waals surface area contributed by atoms with Gasteiger partial charge in [0.2, 0.25) is 11.8 Å². The average Bonchev–Trinajstić information content (AvgIpc) is 2.52. The summed E-state index contributed by atoms with van der Waals surface area (Å²) in [4.78, 5) is 25.2. The zero-order valence-electron chi connectivity index (χ0n) is 13.5. The van der Waals surface area contributed by atoms with Gasteiger partial charge in [-0.1, -0.05) is 17.7 Å². The van der Waals surface area contributed by atoms with E-state index in [1.54, 1.807) is 0 Å². The highest BCUT2D eigenvalue weighted by Gasteiger charge is 2.14. The molecular weight excluding hydrogens is 314 g/mol. The van der Waals surface area contributed by atoms with E-state index in [-0.39, 0.29) is 30.5 Å². The minimum Gasteiger partial charge on any atom is -0.326 e. The van der Waals surface area contributed by atoms with Gasteiger partial charge in [-0.05, 0) is 31.2 Å². The van der Waals surface area contributed by atoms with Crippen molar-refractivity contribution in [1.82, 2.24) is 0 Å². The van der Waals surface area contributed by atoms with Crippen LogP contribution in [0.15, 0.2) is 42.5 Å². The van der Waals surface area contributed by atoms with Gasteiger partial charge in [-0.25, -0.2) is 8.78 Å². The molecule has 2 rings (SSSR count). The van der Waals surface area contributed by atoms with Gasteiger partial charge in [0, 0.05) is 37.3 Å². The molecule has 0 unspecified atom stereocenters. The van der Waals surface area contributed by atoms with Crippen LogP contribution in [0, 0.1) is 18.6 Å². The fourth-order valence-electron chi connectivity index (χ4n) is 2.20. The van der Waals surface area contributed by atoms with Gasteiger partial charge in [0.05, 0.1) is 0 Å². The first kappa shape index (κ1) is 17.6. The Bertz CT molecular complexity index is 745. The largest absolute Gasteiger partial charge is 0.326 e. The van der Waals surface area contributed by atoms with E-state index in [1.165, 1.54) is 17.9 Å². The van der Waals surface area contributed by atoms with Crippen molar-refractivity contribution in [3.8, 4) is 0 Å². The van der Waals surface area contributed by atoms with Gasteiger partial charge in [-0.3, -0.25) is 9.59 Å². The van der Waals surface area contributed by atoms with E-state index in [4.69, 9.17) is 0 Å². The summed E-state index contributed by atoms with van der Waals surface area (Å²) in [6.45, 7) is 3.55. The lowest BCUT2D eigenvalue weighted by Crippen LogP contribution is -2.31. The first-order valence-corrected chi connectivity index (χ1v) is 7.46. The molecule has 6 heteroatoms. The van der Waals surface area contributed by atoms with Crippen LogP contribution < -0.4 is 10.2 Å². The van der Waals surface area contributed by atoms with Gasteiger partial charge in [-0.2, -0.15) is 0 Å². The van der Waals surface area contributed by atoms with Crippen molar-refractivity contribution in [1.29, 1.82) is 0 Å². The second-order valence-electron chi connectivity index (χ2n) is 5.43. The minimum absolute atomic E-state index is 0.0342. The van der Waals surface area contributed by atoms with E-state index >= 15 is 0 Å². The third-order valence-electron chi connectivity index (χ3n) is 3.49. The average molecular weight is 332 g/mol. The van der Waals surface area contributed by atoms with E-state index in [1.807, 2.05) is 31.2 Å². The Kier molecular flexibility index (Phi) is 5.63. The van der Waals surface area contributed by atoms with E-state index in [0.29, 0.717) is 5.69 Å². The SMILES string of the molecule is CC(=O)N(CCC(=O)Nc1ccc(F)c(F)c1)c1ccc(C)cc1. The number of aryl methyl sites for hydroxylation is 1. The van der Waals surface area contributed by atoms with Crippen molar-refractivity contribution in [2.45, 2.75) is 20.3 Å². The van der Waals surface area contributed by atoms with E-state index in [0.717, 1.165) is 17.7 Å². The molecule has 0 aliphatic rings. The third-order valence-corrected chi connectivity index (χ3v) is 3.49. The molecule has 0 heterocycles. The molecule has 126 valence electrons. The van der Waals surface area contributed by atoms with Crippen molar-refractivity contribution in [2.75, 3.05) is 16.8 Å². The normalized spacial score (nSPS) is 10.3. The van der Waals surface area contributed by atoms with Crippen LogP contribution in [-0.2, 0) is 9.59 Å². The smallest absolute Gasteiger partial charge is 0.226 e. The number of nitrogens with one attached hydrogen (secondary N) is 1. The lowest BCUT2D eigenvalue weighted by molar-refractivity contribution is -0.117. The quantitative estimate of drug-likeness (QED) is 0.908. The maximum absolute atomic E-state index is 13.1. The molecule has 0 radical (unpaired) electrons. The first-order valence-electron chi connectivity index (χ1n) is 7.46. The third kappa shape index (κ3) is 4.62. The standard InChI is InChI=1S/C18H18F2N2O2/c1-12-3-6-15(7-4-12)22(13(2)23)10-9-18(24)21-14-5-8-16(19)17(20)11-14/h3-8,11H,9-10H2,1-2H3,(H,21,24). The molecule has 1 N–H and O–H groups in total.